The second-order valence-electron chi connectivity index (χ2n) is 5.41. The van der Waals surface area contributed by atoms with Gasteiger partial charge in [0.15, 0.2) is 0 Å². The zero-order valence-electron chi connectivity index (χ0n) is 13.4. The van der Waals surface area contributed by atoms with Crippen molar-refractivity contribution in [2.75, 3.05) is 4.90 Å². The summed E-state index contributed by atoms with van der Waals surface area (Å²) in [7, 11) is 0. The van der Waals surface area contributed by atoms with E-state index >= 15 is 0 Å². The highest BCUT2D eigenvalue weighted by molar-refractivity contribution is 5.76. The van der Waals surface area contributed by atoms with Gasteiger partial charge in [0, 0.05) is 17.1 Å². The van der Waals surface area contributed by atoms with E-state index in [9.17, 15) is 0 Å². The molecular weight excluding hydrogens is 278 g/mol. The van der Waals surface area contributed by atoms with Crippen molar-refractivity contribution in [3.8, 4) is 0 Å². The van der Waals surface area contributed by atoms with Gasteiger partial charge in [-0.3, -0.25) is 0 Å². The molecular formula is C22H21N. The summed E-state index contributed by atoms with van der Waals surface area (Å²) in [5, 5.41) is 0. The van der Waals surface area contributed by atoms with Gasteiger partial charge in [-0.15, -0.1) is 0 Å². The van der Waals surface area contributed by atoms with Gasteiger partial charge in [0.25, 0.3) is 0 Å². The van der Waals surface area contributed by atoms with Crippen molar-refractivity contribution in [2.24, 2.45) is 0 Å². The molecule has 0 heterocycles. The Morgan fingerprint density at radius 2 is 1.13 bits per heavy atom. The first-order valence-corrected chi connectivity index (χ1v) is 8.05. The van der Waals surface area contributed by atoms with Gasteiger partial charge < -0.3 is 4.90 Å². The van der Waals surface area contributed by atoms with Crippen LogP contribution in [-0.2, 0) is 0 Å². The van der Waals surface area contributed by atoms with Crippen LogP contribution in [0.3, 0.4) is 0 Å². The lowest BCUT2D eigenvalue weighted by atomic mass is 10.1. The van der Waals surface area contributed by atoms with Crippen LogP contribution in [0, 0.1) is 0 Å². The van der Waals surface area contributed by atoms with Crippen molar-refractivity contribution in [2.45, 2.75) is 13.3 Å². The van der Waals surface area contributed by atoms with Gasteiger partial charge in [-0.05, 0) is 48.4 Å². The molecule has 0 unspecified atom stereocenters. The van der Waals surface area contributed by atoms with E-state index in [1.54, 1.807) is 0 Å². The molecule has 0 radical (unpaired) electrons. The van der Waals surface area contributed by atoms with Crippen molar-refractivity contribution in [3.05, 3.63) is 96.6 Å². The number of anilines is 3. The molecule has 0 fully saturated rings. The standard InChI is InChI=1S/C22H21N/c1-2-3-10-19-15-17-22(18-16-19)23(20-11-6-4-7-12-20)21-13-8-5-9-14-21/h3-18H,2H2,1H3. The molecule has 0 bridgehead atoms. The van der Waals surface area contributed by atoms with Gasteiger partial charge in [0.1, 0.15) is 0 Å². The predicted molar refractivity (Wildman–Crippen MR) is 100 cm³/mol. The Morgan fingerprint density at radius 1 is 0.652 bits per heavy atom. The third-order valence-corrected chi connectivity index (χ3v) is 3.73. The average molecular weight is 299 g/mol. The first-order chi connectivity index (χ1) is 11.4. The van der Waals surface area contributed by atoms with Gasteiger partial charge >= 0.3 is 0 Å². The summed E-state index contributed by atoms with van der Waals surface area (Å²) in [6.45, 7) is 2.15. The maximum atomic E-state index is 2.27. The van der Waals surface area contributed by atoms with Crippen molar-refractivity contribution in [3.63, 3.8) is 0 Å². The fourth-order valence-electron chi connectivity index (χ4n) is 2.59. The number of benzene rings is 3. The lowest BCUT2D eigenvalue weighted by Gasteiger charge is -2.25. The highest BCUT2D eigenvalue weighted by atomic mass is 15.1. The van der Waals surface area contributed by atoms with E-state index in [2.05, 4.69) is 96.8 Å². The van der Waals surface area contributed by atoms with Crippen molar-refractivity contribution >= 4 is 23.1 Å². The molecule has 0 aromatic heterocycles. The van der Waals surface area contributed by atoms with Crippen LogP contribution < -0.4 is 4.90 Å². The molecule has 3 aromatic carbocycles. The van der Waals surface area contributed by atoms with Crippen molar-refractivity contribution < 1.29 is 0 Å². The number of para-hydroxylation sites is 2. The monoisotopic (exact) mass is 299 g/mol. The quantitative estimate of drug-likeness (QED) is 0.514. The number of hydrogen-bond donors (Lipinski definition) is 0. The molecule has 0 atom stereocenters. The average Bonchev–Trinajstić information content (AvgIpc) is 2.63. The zero-order chi connectivity index (χ0) is 15.9. The molecule has 0 saturated heterocycles. The Balaban J connectivity index is 2.00. The van der Waals surface area contributed by atoms with Crippen LogP contribution in [-0.4, -0.2) is 0 Å². The molecule has 23 heavy (non-hydrogen) atoms. The summed E-state index contributed by atoms with van der Waals surface area (Å²) >= 11 is 0. The second-order valence-corrected chi connectivity index (χ2v) is 5.41. The Hall–Kier alpha value is -2.80. The third kappa shape index (κ3) is 3.70. The second kappa shape index (κ2) is 7.46. The number of allylic oxidation sites excluding steroid dienone is 1. The molecule has 3 rings (SSSR count). The largest absolute Gasteiger partial charge is 0.311 e. The van der Waals surface area contributed by atoms with Crippen LogP contribution in [0.5, 0.6) is 0 Å². The number of hydrogen-bond acceptors (Lipinski definition) is 1. The van der Waals surface area contributed by atoms with E-state index in [4.69, 9.17) is 0 Å². The lowest BCUT2D eigenvalue weighted by Crippen LogP contribution is -2.09. The van der Waals surface area contributed by atoms with Crippen molar-refractivity contribution in [1.82, 2.24) is 0 Å². The normalized spacial score (nSPS) is 10.8. The highest BCUT2D eigenvalue weighted by Gasteiger charge is 2.10. The first-order valence-electron chi connectivity index (χ1n) is 8.05. The molecule has 0 saturated carbocycles. The SMILES string of the molecule is CCC=Cc1ccc(N(c2ccccc2)c2ccccc2)cc1. The van der Waals surface area contributed by atoms with E-state index in [0.29, 0.717) is 0 Å². The molecule has 0 N–H and O–H groups in total. The smallest absolute Gasteiger partial charge is 0.0462 e. The zero-order valence-corrected chi connectivity index (χ0v) is 13.4. The van der Waals surface area contributed by atoms with E-state index in [1.165, 1.54) is 5.56 Å². The summed E-state index contributed by atoms with van der Waals surface area (Å²) < 4.78 is 0. The van der Waals surface area contributed by atoms with Crippen LogP contribution in [0.25, 0.3) is 6.08 Å². The van der Waals surface area contributed by atoms with Gasteiger partial charge in [-0.25, -0.2) is 0 Å². The number of nitrogens with zero attached hydrogens (tertiary/aromatic N) is 1. The molecule has 1 heteroatoms. The molecule has 0 amide bonds. The summed E-state index contributed by atoms with van der Waals surface area (Å²) in [6.07, 6.45) is 5.40. The number of rotatable bonds is 5. The molecule has 0 aliphatic heterocycles. The Kier molecular flexibility index (Phi) is 4.90. The van der Waals surface area contributed by atoms with E-state index in [-0.39, 0.29) is 0 Å². The molecule has 0 spiro atoms. The minimum absolute atomic E-state index is 1.06. The fourth-order valence-corrected chi connectivity index (χ4v) is 2.59. The van der Waals surface area contributed by atoms with Crippen LogP contribution in [0.15, 0.2) is 91.0 Å². The van der Waals surface area contributed by atoms with Crippen molar-refractivity contribution in [1.29, 1.82) is 0 Å². The molecule has 0 aliphatic rings. The van der Waals surface area contributed by atoms with Crippen LogP contribution in [0.2, 0.25) is 0 Å². The summed E-state index contributed by atoms with van der Waals surface area (Å²) in [6, 6.07) is 29.6. The van der Waals surface area contributed by atoms with E-state index < -0.39 is 0 Å². The Labute approximate surface area is 138 Å². The van der Waals surface area contributed by atoms with Gasteiger partial charge in [0.2, 0.25) is 0 Å². The summed E-state index contributed by atoms with van der Waals surface area (Å²) in [4.78, 5) is 2.27. The molecule has 0 aliphatic carbocycles. The Morgan fingerprint density at radius 3 is 1.61 bits per heavy atom. The lowest BCUT2D eigenvalue weighted by molar-refractivity contribution is 1.23. The maximum Gasteiger partial charge on any atom is 0.0462 e. The molecule has 114 valence electrons. The van der Waals surface area contributed by atoms with Crippen LogP contribution >= 0.6 is 0 Å². The first kappa shape index (κ1) is 15.1. The van der Waals surface area contributed by atoms with Gasteiger partial charge in [-0.2, -0.15) is 0 Å². The van der Waals surface area contributed by atoms with E-state index in [1.807, 2.05) is 12.1 Å². The van der Waals surface area contributed by atoms with Crippen LogP contribution in [0.1, 0.15) is 18.9 Å². The third-order valence-electron chi connectivity index (χ3n) is 3.73. The van der Waals surface area contributed by atoms with Gasteiger partial charge in [0.05, 0.1) is 0 Å². The Bertz CT molecular complexity index is 703. The molecule has 1 nitrogen and oxygen atoms in total. The molecule has 3 aromatic rings. The summed E-state index contributed by atoms with van der Waals surface area (Å²) in [5.74, 6) is 0. The minimum Gasteiger partial charge on any atom is -0.311 e. The van der Waals surface area contributed by atoms with E-state index in [0.717, 1.165) is 23.5 Å². The predicted octanol–water partition coefficient (Wildman–Crippen LogP) is 6.58. The van der Waals surface area contributed by atoms with Gasteiger partial charge in [-0.1, -0.05) is 67.6 Å². The highest BCUT2D eigenvalue weighted by Crippen LogP contribution is 2.34. The van der Waals surface area contributed by atoms with Crippen LogP contribution in [0.4, 0.5) is 17.1 Å². The maximum absolute atomic E-state index is 2.27. The summed E-state index contributed by atoms with van der Waals surface area (Å²) in [5.41, 5.74) is 4.72. The minimum atomic E-state index is 1.06. The topological polar surface area (TPSA) is 3.24 Å². The fraction of sp³-hybridized carbons (Fsp3) is 0.0909.